The van der Waals surface area contributed by atoms with Gasteiger partial charge < -0.3 is 5.73 Å². The normalized spacial score (nSPS) is 20.7. The fraction of sp³-hybridized carbons (Fsp3) is 0.375. The van der Waals surface area contributed by atoms with Gasteiger partial charge in [-0.2, -0.15) is 13.2 Å². The van der Waals surface area contributed by atoms with Gasteiger partial charge in [0.05, 0.1) is 0 Å². The van der Waals surface area contributed by atoms with Crippen molar-refractivity contribution in [3.63, 3.8) is 0 Å². The highest BCUT2D eigenvalue weighted by molar-refractivity contribution is 5.34. The molecular weight excluding hydrogens is 186 g/mol. The average molecular weight is 194 g/mol. The lowest BCUT2D eigenvalue weighted by Gasteiger charge is -2.18. The van der Waals surface area contributed by atoms with Gasteiger partial charge in [-0.15, -0.1) is 0 Å². The maximum atomic E-state index is 12.5. The fourth-order valence-electron chi connectivity index (χ4n) is 0.990. The van der Waals surface area contributed by atoms with Gasteiger partial charge >= 0.3 is 6.18 Å². The average Bonchev–Trinajstić information content (AvgIpc) is 2.01. The van der Waals surface area contributed by atoms with Crippen LogP contribution in [0, 0.1) is 6.42 Å². The molecular formula is C8H8F4N. The molecule has 1 aliphatic rings. The summed E-state index contributed by atoms with van der Waals surface area (Å²) >= 11 is 0. The molecule has 1 nitrogen and oxygen atoms in total. The molecule has 0 amide bonds. The molecule has 1 rings (SSSR count). The van der Waals surface area contributed by atoms with Crippen LogP contribution < -0.4 is 5.73 Å². The van der Waals surface area contributed by atoms with E-state index >= 15 is 0 Å². The molecule has 0 fully saturated rings. The Labute approximate surface area is 72.9 Å². The molecule has 1 unspecified atom stereocenters. The molecule has 0 saturated heterocycles. The van der Waals surface area contributed by atoms with Crippen LogP contribution in [0.15, 0.2) is 23.6 Å². The summed E-state index contributed by atoms with van der Waals surface area (Å²) in [4.78, 5) is 0. The zero-order valence-electron chi connectivity index (χ0n) is 6.61. The van der Waals surface area contributed by atoms with Gasteiger partial charge in [-0.05, 0) is 18.1 Å². The van der Waals surface area contributed by atoms with Gasteiger partial charge in [0, 0.05) is 6.42 Å². The molecule has 5 heteroatoms. The summed E-state index contributed by atoms with van der Waals surface area (Å²) in [7, 11) is 0. The highest BCUT2D eigenvalue weighted by Gasteiger charge is 2.38. The van der Waals surface area contributed by atoms with Crippen LogP contribution >= 0.6 is 0 Å². The van der Waals surface area contributed by atoms with Crippen molar-refractivity contribution in [3.05, 3.63) is 30.0 Å². The number of hydrogen-bond acceptors (Lipinski definition) is 1. The van der Waals surface area contributed by atoms with Crippen molar-refractivity contribution in [3.8, 4) is 0 Å². The molecule has 1 atom stereocenters. The summed E-state index contributed by atoms with van der Waals surface area (Å²) in [5.41, 5.74) is 4.65. The van der Waals surface area contributed by atoms with E-state index < -0.39 is 18.0 Å². The molecule has 0 bridgehead atoms. The molecule has 0 aromatic heterocycles. The van der Waals surface area contributed by atoms with Gasteiger partial charge in [0.2, 0.25) is 0 Å². The molecule has 1 radical (unpaired) electrons. The number of rotatable bonds is 1. The minimum atomic E-state index is -4.51. The Morgan fingerprint density at radius 2 is 2.00 bits per heavy atom. The van der Waals surface area contributed by atoms with Crippen molar-refractivity contribution in [1.29, 1.82) is 0 Å². The molecule has 2 N–H and O–H groups in total. The summed E-state index contributed by atoms with van der Waals surface area (Å²) in [6.45, 7) is 0. The van der Waals surface area contributed by atoms with E-state index in [1.807, 2.05) is 0 Å². The number of halogens is 4. The van der Waals surface area contributed by atoms with E-state index in [2.05, 4.69) is 0 Å². The highest BCUT2D eigenvalue weighted by Crippen LogP contribution is 2.28. The molecule has 0 spiro atoms. The molecule has 73 valence electrons. The third kappa shape index (κ3) is 2.55. The Bertz CT molecular complexity index is 251. The lowest BCUT2D eigenvalue weighted by atomic mass is 10.00. The highest BCUT2D eigenvalue weighted by atomic mass is 19.4. The van der Waals surface area contributed by atoms with Crippen LogP contribution in [-0.4, -0.2) is 12.2 Å². The molecule has 0 saturated carbocycles. The Morgan fingerprint density at radius 3 is 2.46 bits per heavy atom. The lowest BCUT2D eigenvalue weighted by molar-refractivity contribution is -0.138. The molecule has 0 aliphatic heterocycles. The quantitative estimate of drug-likeness (QED) is 0.636. The summed E-state index contributed by atoms with van der Waals surface area (Å²) in [6, 6.07) is -2.09. The van der Waals surface area contributed by atoms with E-state index in [0.29, 0.717) is 0 Å². The van der Waals surface area contributed by atoms with Gasteiger partial charge in [-0.3, -0.25) is 0 Å². The van der Waals surface area contributed by atoms with Gasteiger partial charge in [-0.1, -0.05) is 6.08 Å². The summed E-state index contributed by atoms with van der Waals surface area (Å²) < 4.78 is 48.6. The van der Waals surface area contributed by atoms with Crippen LogP contribution in [0.5, 0.6) is 0 Å². The van der Waals surface area contributed by atoms with Gasteiger partial charge in [0.1, 0.15) is 11.9 Å². The van der Waals surface area contributed by atoms with Crippen LogP contribution in [0.1, 0.15) is 6.42 Å². The standard InChI is InChI=1S/C8H8F4N/c9-6-3-1-2-5(4-6)7(13)8(10,11)12/h2-4,7H,1,13H2. The third-order valence-electron chi connectivity index (χ3n) is 1.68. The van der Waals surface area contributed by atoms with Crippen molar-refractivity contribution >= 4 is 0 Å². The Hall–Kier alpha value is -0.840. The molecule has 0 aromatic rings. The van der Waals surface area contributed by atoms with Crippen LogP contribution in [-0.2, 0) is 0 Å². The van der Waals surface area contributed by atoms with Gasteiger partial charge in [0.15, 0.2) is 0 Å². The van der Waals surface area contributed by atoms with Gasteiger partial charge in [0.25, 0.3) is 0 Å². The Morgan fingerprint density at radius 1 is 1.38 bits per heavy atom. The minimum Gasteiger partial charge on any atom is -0.316 e. The monoisotopic (exact) mass is 194 g/mol. The molecule has 0 heterocycles. The van der Waals surface area contributed by atoms with E-state index in [1.54, 1.807) is 0 Å². The first-order chi connectivity index (χ1) is 5.91. The first-order valence-electron chi connectivity index (χ1n) is 3.64. The van der Waals surface area contributed by atoms with E-state index in [0.717, 1.165) is 6.08 Å². The molecule has 13 heavy (non-hydrogen) atoms. The zero-order valence-corrected chi connectivity index (χ0v) is 6.61. The largest absolute Gasteiger partial charge is 0.407 e. The molecule has 1 aliphatic carbocycles. The second-order valence-corrected chi connectivity index (χ2v) is 2.69. The Kier molecular flexibility index (Phi) is 2.75. The van der Waals surface area contributed by atoms with Crippen molar-refractivity contribution in [1.82, 2.24) is 0 Å². The summed E-state index contributed by atoms with van der Waals surface area (Å²) in [6.07, 6.45) is -1.10. The van der Waals surface area contributed by atoms with Crippen molar-refractivity contribution in [2.24, 2.45) is 5.73 Å². The predicted octanol–water partition coefficient (Wildman–Crippen LogP) is 2.26. The van der Waals surface area contributed by atoms with E-state index in [1.165, 1.54) is 12.5 Å². The second kappa shape index (κ2) is 3.49. The van der Waals surface area contributed by atoms with Crippen LogP contribution in [0.4, 0.5) is 17.6 Å². The second-order valence-electron chi connectivity index (χ2n) is 2.69. The zero-order chi connectivity index (χ0) is 10.1. The number of hydrogen-bond donors (Lipinski definition) is 1. The summed E-state index contributed by atoms with van der Waals surface area (Å²) in [5.74, 6) is -0.669. The first-order valence-corrected chi connectivity index (χ1v) is 3.64. The SMILES string of the molecule is NC(C1=CC[CH]C(F)=C1)C(F)(F)F. The lowest BCUT2D eigenvalue weighted by Crippen LogP contribution is -2.38. The van der Waals surface area contributed by atoms with Gasteiger partial charge in [-0.25, -0.2) is 4.39 Å². The number of allylic oxidation sites excluding steroid dienone is 2. The van der Waals surface area contributed by atoms with Crippen molar-refractivity contribution < 1.29 is 17.6 Å². The van der Waals surface area contributed by atoms with Crippen LogP contribution in [0.2, 0.25) is 0 Å². The first kappa shape index (κ1) is 10.2. The van der Waals surface area contributed by atoms with Crippen molar-refractivity contribution in [2.45, 2.75) is 18.6 Å². The summed E-state index contributed by atoms with van der Waals surface area (Å²) in [5, 5.41) is 0. The predicted molar refractivity (Wildman–Crippen MR) is 40.2 cm³/mol. The van der Waals surface area contributed by atoms with E-state index in [-0.39, 0.29) is 12.0 Å². The van der Waals surface area contributed by atoms with E-state index in [4.69, 9.17) is 5.73 Å². The molecule has 0 aromatic carbocycles. The smallest absolute Gasteiger partial charge is 0.316 e. The number of alkyl halides is 3. The Balaban J connectivity index is 2.79. The maximum absolute atomic E-state index is 12.5. The maximum Gasteiger partial charge on any atom is 0.407 e. The minimum absolute atomic E-state index is 0.154. The van der Waals surface area contributed by atoms with Crippen LogP contribution in [0.25, 0.3) is 0 Å². The number of nitrogens with two attached hydrogens (primary N) is 1. The van der Waals surface area contributed by atoms with Crippen LogP contribution in [0.3, 0.4) is 0 Å². The topological polar surface area (TPSA) is 26.0 Å². The fourth-order valence-corrected chi connectivity index (χ4v) is 0.990. The van der Waals surface area contributed by atoms with E-state index in [9.17, 15) is 17.6 Å². The van der Waals surface area contributed by atoms with Crippen molar-refractivity contribution in [2.75, 3.05) is 0 Å². The third-order valence-corrected chi connectivity index (χ3v) is 1.68.